The molecule has 5 rings (SSSR count). The van der Waals surface area contributed by atoms with Crippen LogP contribution >= 0.6 is 15.9 Å². The third-order valence-electron chi connectivity index (χ3n) is 5.83. The summed E-state index contributed by atoms with van der Waals surface area (Å²) in [5.41, 5.74) is 3.27. The minimum atomic E-state index is -0.320. The fraction of sp³-hybridized carbons (Fsp3) is 0.381. The molecule has 3 heterocycles. The normalized spacial score (nSPS) is 24.0. The van der Waals surface area contributed by atoms with Gasteiger partial charge in [0.25, 0.3) is 0 Å². The second-order valence-corrected chi connectivity index (χ2v) is 8.43. The summed E-state index contributed by atoms with van der Waals surface area (Å²) in [5, 5.41) is 7.38. The molecule has 2 aromatic carbocycles. The van der Waals surface area contributed by atoms with E-state index in [0.717, 1.165) is 48.3 Å². The van der Waals surface area contributed by atoms with Crippen LogP contribution < -0.4 is 4.74 Å². The van der Waals surface area contributed by atoms with Crippen LogP contribution in [-0.2, 0) is 0 Å². The molecule has 0 bridgehead atoms. The van der Waals surface area contributed by atoms with Crippen LogP contribution in [0.3, 0.4) is 0 Å². The maximum absolute atomic E-state index is 6.61. The SMILES string of the molecule is CN1CCC2(CC1)Oc1ccccc1[C@@H]1CC(c3cccc(Br)c3)=NN12. The molecule has 3 aliphatic heterocycles. The Morgan fingerprint density at radius 1 is 1.12 bits per heavy atom. The van der Waals surface area contributed by atoms with Gasteiger partial charge in [-0.1, -0.05) is 46.3 Å². The average molecular weight is 412 g/mol. The van der Waals surface area contributed by atoms with E-state index in [2.05, 4.69) is 81.4 Å². The predicted octanol–water partition coefficient (Wildman–Crippen LogP) is 4.41. The smallest absolute Gasteiger partial charge is 0.200 e. The average Bonchev–Trinajstić information content (AvgIpc) is 3.11. The number of likely N-dealkylation sites (tertiary alicyclic amines) is 1. The summed E-state index contributed by atoms with van der Waals surface area (Å²) in [7, 11) is 2.18. The van der Waals surface area contributed by atoms with E-state index in [1.165, 1.54) is 11.1 Å². The van der Waals surface area contributed by atoms with E-state index in [9.17, 15) is 0 Å². The van der Waals surface area contributed by atoms with E-state index in [-0.39, 0.29) is 11.8 Å². The molecular formula is C21H22BrN3O. The van der Waals surface area contributed by atoms with Gasteiger partial charge >= 0.3 is 0 Å². The molecule has 0 saturated carbocycles. The van der Waals surface area contributed by atoms with Crippen molar-refractivity contribution in [3.63, 3.8) is 0 Å². The molecule has 0 aromatic heterocycles. The lowest BCUT2D eigenvalue weighted by molar-refractivity contribution is -0.147. The van der Waals surface area contributed by atoms with E-state index in [4.69, 9.17) is 9.84 Å². The van der Waals surface area contributed by atoms with E-state index in [1.54, 1.807) is 0 Å². The molecule has 0 radical (unpaired) electrons. The van der Waals surface area contributed by atoms with Gasteiger partial charge in [-0.05, 0) is 30.8 Å². The summed E-state index contributed by atoms with van der Waals surface area (Å²) in [6.45, 7) is 2.07. The first-order valence-electron chi connectivity index (χ1n) is 9.24. The van der Waals surface area contributed by atoms with Gasteiger partial charge in [0.15, 0.2) is 0 Å². The Hall–Kier alpha value is -1.85. The van der Waals surface area contributed by atoms with E-state index >= 15 is 0 Å². The van der Waals surface area contributed by atoms with Crippen molar-refractivity contribution < 1.29 is 4.74 Å². The van der Waals surface area contributed by atoms with Crippen molar-refractivity contribution in [2.45, 2.75) is 31.0 Å². The van der Waals surface area contributed by atoms with Crippen molar-refractivity contribution in [3.05, 3.63) is 64.1 Å². The van der Waals surface area contributed by atoms with Crippen molar-refractivity contribution >= 4 is 21.6 Å². The molecule has 26 heavy (non-hydrogen) atoms. The third kappa shape index (κ3) is 2.57. The van der Waals surface area contributed by atoms with Crippen LogP contribution in [-0.4, -0.2) is 41.5 Å². The van der Waals surface area contributed by atoms with Crippen LogP contribution in [0.15, 0.2) is 58.1 Å². The number of hydrogen-bond acceptors (Lipinski definition) is 4. The van der Waals surface area contributed by atoms with Gasteiger partial charge in [0.05, 0.1) is 11.8 Å². The number of ether oxygens (including phenoxy) is 1. The van der Waals surface area contributed by atoms with Gasteiger partial charge in [0.2, 0.25) is 5.72 Å². The number of piperidine rings is 1. The molecule has 1 spiro atoms. The lowest BCUT2D eigenvalue weighted by atomic mass is 9.91. The zero-order valence-electron chi connectivity index (χ0n) is 14.9. The molecular weight excluding hydrogens is 390 g/mol. The molecule has 1 saturated heterocycles. The molecule has 1 atom stereocenters. The Bertz CT molecular complexity index is 873. The maximum Gasteiger partial charge on any atom is 0.200 e. The summed E-state index contributed by atoms with van der Waals surface area (Å²) in [4.78, 5) is 2.37. The molecule has 2 aromatic rings. The molecule has 4 nitrogen and oxygen atoms in total. The molecule has 0 aliphatic carbocycles. The fourth-order valence-electron chi connectivity index (χ4n) is 4.37. The van der Waals surface area contributed by atoms with Crippen LogP contribution in [0.4, 0.5) is 0 Å². The van der Waals surface area contributed by atoms with Crippen molar-refractivity contribution in [3.8, 4) is 5.75 Å². The Labute approximate surface area is 162 Å². The van der Waals surface area contributed by atoms with Gasteiger partial charge in [0, 0.05) is 42.4 Å². The highest BCUT2D eigenvalue weighted by Crippen LogP contribution is 2.49. The van der Waals surface area contributed by atoms with Crippen LogP contribution in [0.1, 0.15) is 36.4 Å². The fourth-order valence-corrected chi connectivity index (χ4v) is 4.77. The lowest BCUT2D eigenvalue weighted by Crippen LogP contribution is -2.58. The second-order valence-electron chi connectivity index (χ2n) is 7.51. The summed E-state index contributed by atoms with van der Waals surface area (Å²) >= 11 is 3.59. The number of para-hydroxylation sites is 1. The summed E-state index contributed by atoms with van der Waals surface area (Å²) < 4.78 is 7.70. The first kappa shape index (κ1) is 16.3. The highest BCUT2D eigenvalue weighted by Gasteiger charge is 2.51. The largest absolute Gasteiger partial charge is 0.466 e. The first-order chi connectivity index (χ1) is 12.6. The molecule has 0 N–H and O–H groups in total. The van der Waals surface area contributed by atoms with Gasteiger partial charge in [0.1, 0.15) is 5.75 Å². The van der Waals surface area contributed by atoms with E-state index < -0.39 is 0 Å². The van der Waals surface area contributed by atoms with Crippen molar-refractivity contribution in [2.75, 3.05) is 20.1 Å². The summed E-state index contributed by atoms with van der Waals surface area (Å²) in [6.07, 6.45) is 2.88. The van der Waals surface area contributed by atoms with Crippen molar-refractivity contribution in [1.82, 2.24) is 9.91 Å². The highest BCUT2D eigenvalue weighted by molar-refractivity contribution is 9.10. The van der Waals surface area contributed by atoms with Gasteiger partial charge in [-0.2, -0.15) is 5.10 Å². The number of benzene rings is 2. The standard InChI is InChI=1S/C21H22BrN3O/c1-24-11-9-21(10-12-24)25-19(17-7-2-3-8-20(17)26-21)14-18(23-25)15-5-4-6-16(22)13-15/h2-8,13,19H,9-12,14H2,1H3/t19-/m0/s1. The lowest BCUT2D eigenvalue weighted by Gasteiger charge is -2.50. The van der Waals surface area contributed by atoms with E-state index in [0.29, 0.717) is 0 Å². The number of hydrazone groups is 1. The molecule has 0 unspecified atom stereocenters. The van der Waals surface area contributed by atoms with Gasteiger partial charge in [-0.15, -0.1) is 0 Å². The predicted molar refractivity (Wildman–Crippen MR) is 106 cm³/mol. The van der Waals surface area contributed by atoms with Crippen LogP contribution in [0.2, 0.25) is 0 Å². The zero-order chi connectivity index (χ0) is 17.7. The van der Waals surface area contributed by atoms with Crippen LogP contribution in [0.25, 0.3) is 0 Å². The highest BCUT2D eigenvalue weighted by atomic mass is 79.9. The number of fused-ring (bicyclic) bond motifs is 4. The Morgan fingerprint density at radius 2 is 1.92 bits per heavy atom. The van der Waals surface area contributed by atoms with Crippen LogP contribution in [0.5, 0.6) is 5.75 Å². The quantitative estimate of drug-likeness (QED) is 0.695. The third-order valence-corrected chi connectivity index (χ3v) is 6.33. The molecule has 5 heteroatoms. The topological polar surface area (TPSA) is 28.1 Å². The zero-order valence-corrected chi connectivity index (χ0v) is 16.4. The Balaban J connectivity index is 1.58. The van der Waals surface area contributed by atoms with Crippen molar-refractivity contribution in [1.29, 1.82) is 0 Å². The summed E-state index contributed by atoms with van der Waals surface area (Å²) in [6, 6.07) is 17.2. The first-order valence-corrected chi connectivity index (χ1v) is 10.0. The van der Waals surface area contributed by atoms with Gasteiger partial charge in [-0.25, -0.2) is 5.01 Å². The molecule has 3 aliphatic rings. The molecule has 1 fully saturated rings. The molecule has 0 amide bonds. The van der Waals surface area contributed by atoms with Crippen LogP contribution in [0, 0.1) is 0 Å². The minimum Gasteiger partial charge on any atom is -0.466 e. The van der Waals surface area contributed by atoms with Gasteiger partial charge in [-0.3, -0.25) is 0 Å². The number of halogens is 1. The van der Waals surface area contributed by atoms with E-state index in [1.807, 2.05) is 0 Å². The number of rotatable bonds is 1. The molecule has 134 valence electrons. The summed E-state index contributed by atoms with van der Waals surface area (Å²) in [5.74, 6) is 1.03. The second kappa shape index (κ2) is 6.10. The monoisotopic (exact) mass is 411 g/mol. The Morgan fingerprint density at radius 3 is 2.73 bits per heavy atom. The van der Waals surface area contributed by atoms with Gasteiger partial charge < -0.3 is 9.64 Å². The number of nitrogens with zero attached hydrogens (tertiary/aromatic N) is 3. The Kier molecular flexibility index (Phi) is 3.83. The number of hydrogen-bond donors (Lipinski definition) is 0. The minimum absolute atomic E-state index is 0.261. The maximum atomic E-state index is 6.61. The van der Waals surface area contributed by atoms with Crippen molar-refractivity contribution in [2.24, 2.45) is 5.10 Å².